The molecule has 0 atom stereocenters. The van der Waals surface area contributed by atoms with Crippen molar-refractivity contribution in [2.24, 2.45) is 0 Å². The Balaban J connectivity index is 1.31. The molecule has 0 fully saturated rings. The van der Waals surface area contributed by atoms with Crippen LogP contribution in [0.15, 0.2) is 170 Å². The highest BCUT2D eigenvalue weighted by molar-refractivity contribution is 5.95. The largest absolute Gasteiger partial charge is 0.398 e. The van der Waals surface area contributed by atoms with Crippen LogP contribution < -0.4 is 11.1 Å². The summed E-state index contributed by atoms with van der Waals surface area (Å²) in [5.74, 6) is -0.303. The van der Waals surface area contributed by atoms with Crippen LogP contribution in [0.3, 0.4) is 0 Å². The summed E-state index contributed by atoms with van der Waals surface area (Å²) < 4.78 is 16.2. The SMILES string of the molecule is Nc1ccccc1-c1ccccc1-c1ccccc1-c1ccc(Nc2c(-c3ccccc3)cccc2-c2ccccc2)cc1F. The van der Waals surface area contributed by atoms with Gasteiger partial charge in [-0.2, -0.15) is 0 Å². The van der Waals surface area contributed by atoms with E-state index in [0.29, 0.717) is 16.9 Å². The van der Waals surface area contributed by atoms with Gasteiger partial charge in [0.1, 0.15) is 5.82 Å². The van der Waals surface area contributed by atoms with Gasteiger partial charge in [-0.15, -0.1) is 0 Å². The van der Waals surface area contributed by atoms with Gasteiger partial charge < -0.3 is 11.1 Å². The minimum absolute atomic E-state index is 0.303. The highest BCUT2D eigenvalue weighted by Crippen LogP contribution is 2.42. The fraction of sp³-hybridized carbons (Fsp3) is 0. The van der Waals surface area contributed by atoms with E-state index in [4.69, 9.17) is 5.73 Å². The summed E-state index contributed by atoms with van der Waals surface area (Å²) in [7, 11) is 0. The van der Waals surface area contributed by atoms with E-state index >= 15 is 4.39 Å². The molecule has 7 rings (SSSR count). The van der Waals surface area contributed by atoms with Crippen molar-refractivity contribution < 1.29 is 4.39 Å². The Kier molecular flexibility index (Phi) is 7.65. The van der Waals surface area contributed by atoms with Gasteiger partial charge in [0.2, 0.25) is 0 Å². The van der Waals surface area contributed by atoms with Crippen LogP contribution in [0.4, 0.5) is 21.5 Å². The van der Waals surface area contributed by atoms with Gasteiger partial charge in [-0.05, 0) is 57.6 Å². The summed E-state index contributed by atoms with van der Waals surface area (Å²) in [4.78, 5) is 0. The minimum Gasteiger partial charge on any atom is -0.398 e. The summed E-state index contributed by atoms with van der Waals surface area (Å²) in [6, 6.07) is 56.1. The maximum Gasteiger partial charge on any atom is 0.133 e. The molecule has 0 bridgehead atoms. The van der Waals surface area contributed by atoms with Crippen molar-refractivity contribution >= 4 is 17.1 Å². The number of benzene rings is 7. The molecule has 7 aromatic rings. The molecule has 3 heteroatoms. The molecule has 0 aromatic heterocycles. The molecule has 0 spiro atoms. The van der Waals surface area contributed by atoms with Crippen molar-refractivity contribution in [3.05, 3.63) is 176 Å². The summed E-state index contributed by atoms with van der Waals surface area (Å²) in [5, 5.41) is 3.59. The molecule has 3 N–H and O–H groups in total. The van der Waals surface area contributed by atoms with Crippen molar-refractivity contribution in [3.63, 3.8) is 0 Å². The van der Waals surface area contributed by atoms with Crippen molar-refractivity contribution in [2.45, 2.75) is 0 Å². The fourth-order valence-corrected chi connectivity index (χ4v) is 6.01. The van der Waals surface area contributed by atoms with Crippen molar-refractivity contribution in [1.82, 2.24) is 0 Å². The van der Waals surface area contributed by atoms with Crippen LogP contribution in [-0.4, -0.2) is 0 Å². The number of nitrogens with one attached hydrogen (secondary N) is 1. The average molecular weight is 583 g/mol. The maximum absolute atomic E-state index is 16.2. The number of hydrogen-bond donors (Lipinski definition) is 2. The third-order valence-electron chi connectivity index (χ3n) is 8.16. The van der Waals surface area contributed by atoms with E-state index in [1.54, 1.807) is 6.07 Å². The second-order valence-corrected chi connectivity index (χ2v) is 11.0. The van der Waals surface area contributed by atoms with Crippen molar-refractivity contribution in [1.29, 1.82) is 0 Å². The zero-order valence-electron chi connectivity index (χ0n) is 24.6. The minimum atomic E-state index is -0.303. The van der Waals surface area contributed by atoms with E-state index in [2.05, 4.69) is 59.9 Å². The summed E-state index contributed by atoms with van der Waals surface area (Å²) >= 11 is 0. The molecule has 45 heavy (non-hydrogen) atoms. The van der Waals surface area contributed by atoms with Gasteiger partial charge >= 0.3 is 0 Å². The van der Waals surface area contributed by atoms with Crippen LogP contribution in [0.25, 0.3) is 55.6 Å². The Morgan fingerprint density at radius 2 is 0.800 bits per heavy atom. The molecule has 0 aliphatic carbocycles. The summed E-state index contributed by atoms with van der Waals surface area (Å²) in [6.07, 6.45) is 0. The Morgan fingerprint density at radius 3 is 1.31 bits per heavy atom. The number of nitrogen functional groups attached to an aromatic ring is 1. The van der Waals surface area contributed by atoms with Gasteiger partial charge in [0.15, 0.2) is 0 Å². The number of nitrogens with two attached hydrogens (primary N) is 1. The van der Waals surface area contributed by atoms with Crippen LogP contribution in [0.1, 0.15) is 0 Å². The standard InChI is InChI=1S/C42H31FN2/c43-40-28-31(45-42-32(29-14-3-1-4-15-29)23-13-24-33(42)30-16-5-2-6-17-30)26-27-38(40)36-20-9-7-18-34(36)35-19-8-10-21-37(35)39-22-11-12-25-41(39)44/h1-28,45H,44H2. The maximum atomic E-state index is 16.2. The first-order valence-electron chi connectivity index (χ1n) is 15.0. The third-order valence-corrected chi connectivity index (χ3v) is 8.16. The van der Waals surface area contributed by atoms with E-state index < -0.39 is 0 Å². The zero-order valence-corrected chi connectivity index (χ0v) is 24.6. The third kappa shape index (κ3) is 5.60. The van der Waals surface area contributed by atoms with Crippen LogP contribution in [0, 0.1) is 5.82 Å². The van der Waals surface area contributed by atoms with Gasteiger partial charge in [-0.25, -0.2) is 4.39 Å². The van der Waals surface area contributed by atoms with Gasteiger partial charge in [-0.3, -0.25) is 0 Å². The van der Waals surface area contributed by atoms with Gasteiger partial charge in [0.25, 0.3) is 0 Å². The Hall–Kier alpha value is -5.93. The molecule has 0 amide bonds. The zero-order chi connectivity index (χ0) is 30.6. The average Bonchev–Trinajstić information content (AvgIpc) is 3.09. The van der Waals surface area contributed by atoms with Gasteiger partial charge in [-0.1, -0.05) is 146 Å². The number of halogens is 1. The number of anilines is 3. The molecule has 7 aromatic carbocycles. The van der Waals surface area contributed by atoms with Crippen molar-refractivity contribution in [3.8, 4) is 55.6 Å². The van der Waals surface area contributed by atoms with Crippen LogP contribution in [0.5, 0.6) is 0 Å². The van der Waals surface area contributed by atoms with Crippen LogP contribution >= 0.6 is 0 Å². The first kappa shape index (κ1) is 27.9. The van der Waals surface area contributed by atoms with Crippen LogP contribution in [-0.2, 0) is 0 Å². The molecule has 0 unspecified atom stereocenters. The second-order valence-electron chi connectivity index (χ2n) is 11.0. The lowest BCUT2D eigenvalue weighted by molar-refractivity contribution is 0.632. The van der Waals surface area contributed by atoms with E-state index in [0.717, 1.165) is 55.8 Å². The van der Waals surface area contributed by atoms with E-state index in [9.17, 15) is 0 Å². The second kappa shape index (κ2) is 12.4. The lowest BCUT2D eigenvalue weighted by Crippen LogP contribution is -1.98. The molecule has 0 heterocycles. The summed E-state index contributed by atoms with van der Waals surface area (Å²) in [5.41, 5.74) is 18.2. The number of para-hydroxylation sites is 2. The Labute approximate surface area is 263 Å². The van der Waals surface area contributed by atoms with E-state index in [1.165, 1.54) is 0 Å². The monoisotopic (exact) mass is 582 g/mol. The molecule has 0 radical (unpaired) electrons. The molecule has 216 valence electrons. The van der Waals surface area contributed by atoms with Gasteiger partial charge in [0.05, 0.1) is 5.69 Å². The summed E-state index contributed by atoms with van der Waals surface area (Å²) in [6.45, 7) is 0. The van der Waals surface area contributed by atoms with Crippen molar-refractivity contribution in [2.75, 3.05) is 11.1 Å². The lowest BCUT2D eigenvalue weighted by Gasteiger charge is -2.19. The normalized spacial score (nSPS) is 10.9. The molecule has 0 saturated carbocycles. The molecule has 0 aliphatic heterocycles. The smallest absolute Gasteiger partial charge is 0.133 e. The lowest BCUT2D eigenvalue weighted by atomic mass is 9.89. The molecule has 2 nitrogen and oxygen atoms in total. The first-order valence-corrected chi connectivity index (χ1v) is 15.0. The topological polar surface area (TPSA) is 38.0 Å². The highest BCUT2D eigenvalue weighted by atomic mass is 19.1. The Morgan fingerprint density at radius 1 is 0.378 bits per heavy atom. The quantitative estimate of drug-likeness (QED) is 0.183. The molecular formula is C42H31FN2. The van der Waals surface area contributed by atoms with E-state index in [1.807, 2.05) is 109 Å². The van der Waals surface area contributed by atoms with Crippen LogP contribution in [0.2, 0.25) is 0 Å². The predicted octanol–water partition coefficient (Wildman–Crippen LogP) is 11.5. The highest BCUT2D eigenvalue weighted by Gasteiger charge is 2.17. The first-order chi connectivity index (χ1) is 22.2. The number of hydrogen-bond acceptors (Lipinski definition) is 2. The van der Waals surface area contributed by atoms with E-state index in [-0.39, 0.29) is 5.82 Å². The molecule has 0 aliphatic rings. The molecule has 0 saturated heterocycles. The fourth-order valence-electron chi connectivity index (χ4n) is 6.01. The Bertz CT molecular complexity index is 2040. The predicted molar refractivity (Wildman–Crippen MR) is 188 cm³/mol. The number of rotatable bonds is 7. The van der Waals surface area contributed by atoms with Gasteiger partial charge in [0, 0.05) is 33.6 Å². The molecular weight excluding hydrogens is 551 g/mol.